The minimum absolute atomic E-state index is 0.0736. The molecule has 0 aliphatic heterocycles. The lowest BCUT2D eigenvalue weighted by molar-refractivity contribution is -0.123. The first-order valence-corrected chi connectivity index (χ1v) is 12.8. The van der Waals surface area contributed by atoms with Crippen LogP contribution in [-0.2, 0) is 0 Å². The standard InChI is InChI=1S/C27H39N3O2/c1-17(29-30-25(32)18-10-14-28-15-11-18)22-6-7-23-21-5-4-19-16-20(31)8-12-26(19,2)24(21)9-13-27(22,23)3/h10-11,14-15,19-24,31H,4-9,12-13,16H2,1-3H3,(H,30,32)/b29-17+/t19-,20-,21-,22+,23+,24+,26-,27+/m0/s1. The summed E-state index contributed by atoms with van der Waals surface area (Å²) in [6, 6.07) is 3.44. The number of aliphatic hydroxyl groups excluding tert-OH is 1. The zero-order chi connectivity index (χ0) is 22.5. The summed E-state index contributed by atoms with van der Waals surface area (Å²) in [5, 5.41) is 14.8. The van der Waals surface area contributed by atoms with Crippen LogP contribution in [0.2, 0.25) is 0 Å². The highest BCUT2D eigenvalue weighted by Gasteiger charge is 2.60. The molecule has 0 saturated heterocycles. The molecule has 1 aromatic rings. The molecule has 0 bridgehead atoms. The number of hydrogen-bond acceptors (Lipinski definition) is 4. The van der Waals surface area contributed by atoms with Gasteiger partial charge in [0.1, 0.15) is 0 Å². The van der Waals surface area contributed by atoms with Gasteiger partial charge in [-0.05, 0) is 111 Å². The number of aromatic nitrogens is 1. The number of nitrogens with zero attached hydrogens (tertiary/aromatic N) is 2. The highest BCUT2D eigenvalue weighted by atomic mass is 16.3. The second-order valence-electron chi connectivity index (χ2n) is 11.7. The SMILES string of the molecule is C/C(=N\NC(=O)c1ccncc1)[C@H]1CC[C@@H]2[C@@H]3CC[C@H]4C[C@@H](O)CC[C@]4(C)[C@@H]3CC[C@]12C. The van der Waals surface area contributed by atoms with Gasteiger partial charge in [0.2, 0.25) is 0 Å². The summed E-state index contributed by atoms with van der Waals surface area (Å²) in [6.07, 6.45) is 14.1. The molecule has 2 N–H and O–H groups in total. The molecule has 0 aromatic carbocycles. The van der Waals surface area contributed by atoms with Crippen molar-refractivity contribution in [2.45, 2.75) is 84.7 Å². The van der Waals surface area contributed by atoms with Gasteiger partial charge in [0, 0.05) is 29.6 Å². The van der Waals surface area contributed by atoms with Crippen LogP contribution in [0.5, 0.6) is 0 Å². The van der Waals surface area contributed by atoms with E-state index in [1.54, 1.807) is 24.5 Å². The summed E-state index contributed by atoms with van der Waals surface area (Å²) in [4.78, 5) is 16.4. The van der Waals surface area contributed by atoms with Gasteiger partial charge in [-0.25, -0.2) is 5.43 Å². The number of carbonyl (C=O) groups excluding carboxylic acids is 1. The molecule has 4 fully saturated rings. The van der Waals surface area contributed by atoms with Crippen molar-refractivity contribution in [1.82, 2.24) is 10.4 Å². The average molecular weight is 438 g/mol. The molecule has 1 aromatic heterocycles. The average Bonchev–Trinajstić information content (AvgIpc) is 3.15. The normalized spacial score (nSPS) is 43.7. The van der Waals surface area contributed by atoms with Crippen LogP contribution in [-0.4, -0.2) is 27.8 Å². The van der Waals surface area contributed by atoms with E-state index in [1.807, 2.05) is 0 Å². The smallest absolute Gasteiger partial charge is 0.271 e. The number of rotatable bonds is 3. The Morgan fingerprint density at radius 2 is 1.75 bits per heavy atom. The van der Waals surface area contributed by atoms with Crippen molar-refractivity contribution in [1.29, 1.82) is 0 Å². The summed E-state index contributed by atoms with van der Waals surface area (Å²) < 4.78 is 0. The fourth-order valence-corrected chi connectivity index (χ4v) is 8.71. The lowest BCUT2D eigenvalue weighted by Crippen LogP contribution is -2.54. The molecule has 1 heterocycles. The second kappa shape index (κ2) is 8.23. The summed E-state index contributed by atoms with van der Waals surface area (Å²) in [7, 11) is 0. The predicted molar refractivity (Wildman–Crippen MR) is 126 cm³/mol. The number of nitrogens with one attached hydrogen (secondary N) is 1. The summed E-state index contributed by atoms with van der Waals surface area (Å²) >= 11 is 0. The molecule has 4 aliphatic rings. The predicted octanol–water partition coefficient (Wildman–Crippen LogP) is 5.21. The van der Waals surface area contributed by atoms with Gasteiger partial charge in [-0.3, -0.25) is 9.78 Å². The van der Waals surface area contributed by atoms with Crippen molar-refractivity contribution in [3.63, 3.8) is 0 Å². The minimum Gasteiger partial charge on any atom is -0.393 e. The number of hydrazone groups is 1. The van der Waals surface area contributed by atoms with Crippen LogP contribution in [0.1, 0.15) is 88.9 Å². The summed E-state index contributed by atoms with van der Waals surface area (Å²) in [5.74, 6) is 3.38. The van der Waals surface area contributed by atoms with Crippen molar-refractivity contribution in [2.24, 2.45) is 45.5 Å². The van der Waals surface area contributed by atoms with Crippen LogP contribution < -0.4 is 5.43 Å². The Morgan fingerprint density at radius 3 is 2.53 bits per heavy atom. The molecule has 5 rings (SSSR count). The van der Waals surface area contributed by atoms with E-state index >= 15 is 0 Å². The van der Waals surface area contributed by atoms with Crippen molar-refractivity contribution >= 4 is 11.6 Å². The van der Waals surface area contributed by atoms with E-state index in [-0.39, 0.29) is 17.4 Å². The van der Waals surface area contributed by atoms with Crippen LogP contribution in [0.25, 0.3) is 0 Å². The molecule has 4 saturated carbocycles. The Morgan fingerprint density at radius 1 is 1.03 bits per heavy atom. The van der Waals surface area contributed by atoms with Gasteiger partial charge in [-0.2, -0.15) is 5.10 Å². The van der Waals surface area contributed by atoms with Gasteiger partial charge in [0.05, 0.1) is 6.10 Å². The van der Waals surface area contributed by atoms with Crippen molar-refractivity contribution in [3.8, 4) is 0 Å². The number of pyridine rings is 1. The largest absolute Gasteiger partial charge is 0.393 e. The molecule has 5 heteroatoms. The van der Waals surface area contributed by atoms with Gasteiger partial charge in [0.25, 0.3) is 5.91 Å². The number of hydrogen-bond donors (Lipinski definition) is 2. The first-order valence-electron chi connectivity index (χ1n) is 12.8. The molecule has 5 nitrogen and oxygen atoms in total. The number of carbonyl (C=O) groups is 1. The number of fused-ring (bicyclic) bond motifs is 5. The Labute approximate surface area is 192 Å². The highest BCUT2D eigenvalue weighted by molar-refractivity contribution is 5.95. The third-order valence-corrected chi connectivity index (χ3v) is 10.4. The van der Waals surface area contributed by atoms with E-state index in [1.165, 1.54) is 44.9 Å². The molecule has 0 spiro atoms. The van der Waals surface area contributed by atoms with Gasteiger partial charge < -0.3 is 5.11 Å². The van der Waals surface area contributed by atoms with Crippen molar-refractivity contribution in [2.75, 3.05) is 0 Å². The van der Waals surface area contributed by atoms with Gasteiger partial charge >= 0.3 is 0 Å². The maximum Gasteiger partial charge on any atom is 0.271 e. The fourth-order valence-electron chi connectivity index (χ4n) is 8.71. The maximum atomic E-state index is 12.4. The van der Waals surface area contributed by atoms with Crippen LogP contribution in [0, 0.1) is 40.4 Å². The Hall–Kier alpha value is -1.75. The maximum absolute atomic E-state index is 12.4. The monoisotopic (exact) mass is 437 g/mol. The summed E-state index contributed by atoms with van der Waals surface area (Å²) in [6.45, 7) is 7.17. The second-order valence-corrected chi connectivity index (χ2v) is 11.7. The summed E-state index contributed by atoms with van der Waals surface area (Å²) in [5.41, 5.74) is 5.17. The Kier molecular flexibility index (Phi) is 5.68. The fraction of sp³-hybridized carbons (Fsp3) is 0.741. The molecular formula is C27H39N3O2. The number of aliphatic hydroxyl groups is 1. The van der Waals surface area contributed by atoms with Gasteiger partial charge in [0.15, 0.2) is 0 Å². The minimum atomic E-state index is -0.166. The molecule has 1 amide bonds. The van der Waals surface area contributed by atoms with E-state index < -0.39 is 0 Å². The van der Waals surface area contributed by atoms with E-state index in [0.717, 1.165) is 36.3 Å². The Bertz CT molecular complexity index is 886. The van der Waals surface area contributed by atoms with Crippen LogP contribution in [0.3, 0.4) is 0 Å². The molecule has 8 atom stereocenters. The molecule has 0 radical (unpaired) electrons. The van der Waals surface area contributed by atoms with E-state index in [4.69, 9.17) is 0 Å². The quantitative estimate of drug-likeness (QED) is 0.504. The molecule has 0 unspecified atom stereocenters. The number of amides is 1. The molecule has 32 heavy (non-hydrogen) atoms. The highest BCUT2D eigenvalue weighted by Crippen LogP contribution is 2.67. The topological polar surface area (TPSA) is 74.6 Å². The lowest BCUT2D eigenvalue weighted by Gasteiger charge is -2.61. The molecule has 174 valence electrons. The first-order chi connectivity index (χ1) is 15.3. The van der Waals surface area contributed by atoms with Crippen molar-refractivity contribution < 1.29 is 9.90 Å². The van der Waals surface area contributed by atoms with Crippen LogP contribution in [0.15, 0.2) is 29.6 Å². The third kappa shape index (κ3) is 3.52. The van der Waals surface area contributed by atoms with Crippen LogP contribution in [0.4, 0.5) is 0 Å². The molecule has 4 aliphatic carbocycles. The lowest BCUT2D eigenvalue weighted by atomic mass is 9.44. The van der Waals surface area contributed by atoms with Crippen molar-refractivity contribution in [3.05, 3.63) is 30.1 Å². The molecular weight excluding hydrogens is 398 g/mol. The zero-order valence-corrected chi connectivity index (χ0v) is 19.9. The Balaban J connectivity index is 1.31. The van der Waals surface area contributed by atoms with E-state index in [9.17, 15) is 9.90 Å². The first kappa shape index (κ1) is 22.1. The zero-order valence-electron chi connectivity index (χ0n) is 19.9. The van der Waals surface area contributed by atoms with E-state index in [0.29, 0.717) is 22.8 Å². The van der Waals surface area contributed by atoms with E-state index in [2.05, 4.69) is 36.3 Å². The van der Waals surface area contributed by atoms with Gasteiger partial charge in [-0.1, -0.05) is 13.8 Å². The third-order valence-electron chi connectivity index (χ3n) is 10.4. The van der Waals surface area contributed by atoms with Gasteiger partial charge in [-0.15, -0.1) is 0 Å². The van der Waals surface area contributed by atoms with Crippen LogP contribution >= 0.6 is 0 Å².